The Hall–Kier alpha value is -1.88. The summed E-state index contributed by atoms with van der Waals surface area (Å²) < 4.78 is 0. The first-order valence-electron chi connectivity index (χ1n) is 6.43. The van der Waals surface area contributed by atoms with E-state index in [4.69, 9.17) is 5.11 Å². The zero-order chi connectivity index (χ0) is 14.1. The van der Waals surface area contributed by atoms with Crippen molar-refractivity contribution in [1.82, 2.24) is 5.32 Å². The van der Waals surface area contributed by atoms with Gasteiger partial charge in [-0.05, 0) is 24.1 Å². The quantitative estimate of drug-likeness (QED) is 0.624. The molecule has 0 atom stereocenters. The molecule has 1 aromatic rings. The minimum Gasteiger partial charge on any atom is -0.481 e. The molecule has 1 amide bonds. The second kappa shape index (κ2) is 8.26. The highest BCUT2D eigenvalue weighted by Gasteiger charge is 2.02. The lowest BCUT2D eigenvalue weighted by molar-refractivity contribution is -0.137. The lowest BCUT2D eigenvalue weighted by Gasteiger charge is -2.07. The minimum atomic E-state index is -0.876. The summed E-state index contributed by atoms with van der Waals surface area (Å²) in [5.41, 5.74) is 2.00. The number of amides is 1. The second-order valence-corrected chi connectivity index (χ2v) is 4.32. The molecule has 19 heavy (non-hydrogen) atoms. The summed E-state index contributed by atoms with van der Waals surface area (Å²) >= 11 is 0. The average Bonchev–Trinajstić information content (AvgIpc) is 2.37. The topological polar surface area (TPSA) is 78.4 Å². The van der Waals surface area contributed by atoms with E-state index in [0.717, 1.165) is 18.5 Å². The van der Waals surface area contributed by atoms with Gasteiger partial charge in [-0.25, -0.2) is 0 Å². The molecule has 0 heterocycles. The van der Waals surface area contributed by atoms with Gasteiger partial charge in [0.15, 0.2) is 0 Å². The summed E-state index contributed by atoms with van der Waals surface area (Å²) in [6.45, 7) is 2.53. The van der Waals surface area contributed by atoms with Crippen LogP contribution >= 0.6 is 0 Å². The predicted molar refractivity (Wildman–Crippen MR) is 74.2 cm³/mol. The zero-order valence-electron chi connectivity index (χ0n) is 11.1. The Morgan fingerprint density at radius 2 is 1.89 bits per heavy atom. The number of anilines is 1. The van der Waals surface area contributed by atoms with E-state index < -0.39 is 5.97 Å². The van der Waals surface area contributed by atoms with Crippen molar-refractivity contribution >= 4 is 17.6 Å². The normalized spacial score (nSPS) is 10.2. The van der Waals surface area contributed by atoms with E-state index in [1.807, 2.05) is 24.3 Å². The van der Waals surface area contributed by atoms with Crippen molar-refractivity contribution in [1.29, 1.82) is 0 Å². The van der Waals surface area contributed by atoms with E-state index >= 15 is 0 Å². The molecular formula is C14H20N2O3. The molecule has 5 nitrogen and oxygen atoms in total. The van der Waals surface area contributed by atoms with Crippen LogP contribution in [0, 0.1) is 0 Å². The predicted octanol–water partition coefficient (Wildman–Crippen LogP) is 1.64. The van der Waals surface area contributed by atoms with E-state index in [2.05, 4.69) is 17.6 Å². The summed E-state index contributed by atoms with van der Waals surface area (Å²) in [4.78, 5) is 21.8. The maximum absolute atomic E-state index is 11.5. The second-order valence-electron chi connectivity index (χ2n) is 4.32. The monoisotopic (exact) mass is 264 g/mol. The Morgan fingerprint density at radius 1 is 1.21 bits per heavy atom. The van der Waals surface area contributed by atoms with Gasteiger partial charge in [0.05, 0.1) is 13.0 Å². The van der Waals surface area contributed by atoms with Crippen molar-refractivity contribution in [3.05, 3.63) is 29.8 Å². The molecule has 0 aliphatic heterocycles. The first-order valence-corrected chi connectivity index (χ1v) is 6.43. The van der Waals surface area contributed by atoms with Crippen LogP contribution in [0.25, 0.3) is 0 Å². The number of aryl methyl sites for hydroxylation is 1. The largest absolute Gasteiger partial charge is 0.481 e. The first-order chi connectivity index (χ1) is 9.11. The summed E-state index contributed by atoms with van der Waals surface area (Å²) in [5, 5.41) is 14.0. The van der Waals surface area contributed by atoms with Crippen molar-refractivity contribution in [2.75, 3.05) is 18.4 Å². The van der Waals surface area contributed by atoms with Crippen LogP contribution in [0.15, 0.2) is 24.3 Å². The van der Waals surface area contributed by atoms with Gasteiger partial charge in [0.1, 0.15) is 0 Å². The molecule has 0 bridgehead atoms. The van der Waals surface area contributed by atoms with Gasteiger partial charge in [0, 0.05) is 12.2 Å². The molecule has 0 saturated carbocycles. The Morgan fingerprint density at radius 3 is 2.47 bits per heavy atom. The highest BCUT2D eigenvalue weighted by molar-refractivity contribution is 5.92. The maximum Gasteiger partial charge on any atom is 0.304 e. The van der Waals surface area contributed by atoms with Crippen LogP contribution in [0.4, 0.5) is 5.69 Å². The summed E-state index contributed by atoms with van der Waals surface area (Å²) in [7, 11) is 0. The fraction of sp³-hybridized carbons (Fsp3) is 0.429. The summed E-state index contributed by atoms with van der Waals surface area (Å²) in [6, 6.07) is 7.74. The Balaban J connectivity index is 2.29. The van der Waals surface area contributed by atoms with Gasteiger partial charge in [0.25, 0.3) is 0 Å². The molecule has 0 saturated heterocycles. The molecule has 104 valence electrons. The Labute approximate surface area is 113 Å². The molecule has 0 spiro atoms. The highest BCUT2D eigenvalue weighted by Crippen LogP contribution is 2.10. The van der Waals surface area contributed by atoms with Crippen LogP contribution in [0.1, 0.15) is 25.3 Å². The van der Waals surface area contributed by atoms with Gasteiger partial charge < -0.3 is 15.7 Å². The van der Waals surface area contributed by atoms with Gasteiger partial charge in [-0.1, -0.05) is 25.5 Å². The van der Waals surface area contributed by atoms with Crippen LogP contribution in [-0.4, -0.2) is 30.1 Å². The number of carbonyl (C=O) groups is 2. The molecule has 0 aliphatic carbocycles. The molecule has 1 rings (SSSR count). The number of rotatable bonds is 8. The average molecular weight is 264 g/mol. The SMILES string of the molecule is CCCc1ccc(NC(=O)CNCCC(=O)O)cc1. The standard InChI is InChI=1S/C14H20N2O3/c1-2-3-11-4-6-12(7-5-11)16-13(17)10-15-9-8-14(18)19/h4-7,15H,2-3,8-10H2,1H3,(H,16,17)(H,18,19). The van der Waals surface area contributed by atoms with Gasteiger partial charge in [0.2, 0.25) is 5.91 Å². The number of nitrogens with one attached hydrogen (secondary N) is 2. The number of hydrogen-bond acceptors (Lipinski definition) is 3. The minimum absolute atomic E-state index is 0.0129. The van der Waals surface area contributed by atoms with E-state index in [1.54, 1.807) is 0 Å². The smallest absolute Gasteiger partial charge is 0.304 e. The van der Waals surface area contributed by atoms with Crippen molar-refractivity contribution in [2.45, 2.75) is 26.2 Å². The van der Waals surface area contributed by atoms with Gasteiger partial charge in [-0.2, -0.15) is 0 Å². The number of benzene rings is 1. The van der Waals surface area contributed by atoms with Crippen molar-refractivity contribution in [2.24, 2.45) is 0 Å². The highest BCUT2D eigenvalue weighted by atomic mass is 16.4. The number of carboxylic acids is 1. The van der Waals surface area contributed by atoms with Gasteiger partial charge in [-0.15, -0.1) is 0 Å². The number of carboxylic acid groups (broad SMARTS) is 1. The van der Waals surface area contributed by atoms with Crippen molar-refractivity contribution in [3.8, 4) is 0 Å². The van der Waals surface area contributed by atoms with Crippen LogP contribution < -0.4 is 10.6 Å². The van der Waals surface area contributed by atoms with E-state index in [9.17, 15) is 9.59 Å². The third-order valence-electron chi connectivity index (χ3n) is 2.58. The molecule has 0 aliphatic rings. The molecule has 0 fully saturated rings. The maximum atomic E-state index is 11.5. The third-order valence-corrected chi connectivity index (χ3v) is 2.58. The van der Waals surface area contributed by atoms with Crippen LogP contribution in [0.2, 0.25) is 0 Å². The molecular weight excluding hydrogens is 244 g/mol. The van der Waals surface area contributed by atoms with E-state index in [-0.39, 0.29) is 25.4 Å². The van der Waals surface area contributed by atoms with Gasteiger partial charge in [-0.3, -0.25) is 9.59 Å². The van der Waals surface area contributed by atoms with Crippen LogP contribution in [-0.2, 0) is 16.0 Å². The van der Waals surface area contributed by atoms with E-state index in [0.29, 0.717) is 0 Å². The molecule has 0 aromatic heterocycles. The number of carbonyl (C=O) groups excluding carboxylic acids is 1. The zero-order valence-corrected chi connectivity index (χ0v) is 11.1. The van der Waals surface area contributed by atoms with Crippen molar-refractivity contribution in [3.63, 3.8) is 0 Å². The summed E-state index contributed by atoms with van der Waals surface area (Å²) in [6.07, 6.45) is 2.14. The molecule has 0 radical (unpaired) electrons. The lowest BCUT2D eigenvalue weighted by atomic mass is 10.1. The Bertz CT molecular complexity index is 415. The number of aliphatic carboxylic acids is 1. The fourth-order valence-electron chi connectivity index (χ4n) is 1.65. The first kappa shape index (κ1) is 15.2. The van der Waals surface area contributed by atoms with Crippen LogP contribution in [0.3, 0.4) is 0 Å². The fourth-order valence-corrected chi connectivity index (χ4v) is 1.65. The third kappa shape index (κ3) is 6.57. The van der Waals surface area contributed by atoms with Gasteiger partial charge >= 0.3 is 5.97 Å². The molecule has 5 heteroatoms. The van der Waals surface area contributed by atoms with Crippen molar-refractivity contribution < 1.29 is 14.7 Å². The number of hydrogen-bond donors (Lipinski definition) is 3. The lowest BCUT2D eigenvalue weighted by Crippen LogP contribution is -2.29. The Kier molecular flexibility index (Phi) is 6.60. The molecule has 1 aromatic carbocycles. The molecule has 0 unspecified atom stereocenters. The summed E-state index contributed by atoms with van der Waals surface area (Å²) in [5.74, 6) is -1.05. The van der Waals surface area contributed by atoms with Crippen LogP contribution in [0.5, 0.6) is 0 Å². The molecule has 3 N–H and O–H groups in total. The van der Waals surface area contributed by atoms with E-state index in [1.165, 1.54) is 5.56 Å².